The smallest absolute Gasteiger partial charge is 0.329 e. The summed E-state index contributed by atoms with van der Waals surface area (Å²) in [5.74, 6) is -4.54. The minimum Gasteiger partial charge on any atom is -0.480 e. The number of hydrogen-bond donors (Lipinski definition) is 5. The minimum atomic E-state index is -2.98. The third-order valence-corrected chi connectivity index (χ3v) is 8.74. The van der Waals surface area contributed by atoms with Crippen LogP contribution in [0.2, 0.25) is 10.0 Å². The van der Waals surface area contributed by atoms with E-state index in [-0.39, 0.29) is 45.9 Å². The molecular formula is C31H26Cl2F2N6O6S. The minimum absolute atomic E-state index is 0.0642. The van der Waals surface area contributed by atoms with Crippen LogP contribution < -0.4 is 20.4 Å². The van der Waals surface area contributed by atoms with Gasteiger partial charge in [0.05, 0.1) is 33.2 Å². The molecule has 0 aliphatic carbocycles. The summed E-state index contributed by atoms with van der Waals surface area (Å²) in [5.41, 5.74) is -1.61. The highest BCUT2D eigenvalue weighted by molar-refractivity contribution is 7.80. The second kappa shape index (κ2) is 14.9. The van der Waals surface area contributed by atoms with Gasteiger partial charge in [-0.3, -0.25) is 14.1 Å². The zero-order valence-electron chi connectivity index (χ0n) is 24.6. The van der Waals surface area contributed by atoms with Crippen LogP contribution in [-0.4, -0.2) is 52.9 Å². The molecule has 17 heteroatoms. The van der Waals surface area contributed by atoms with E-state index in [2.05, 4.69) is 20.6 Å². The fourth-order valence-electron chi connectivity index (χ4n) is 5.05. The van der Waals surface area contributed by atoms with E-state index in [9.17, 15) is 28.3 Å². The second-order valence-corrected chi connectivity index (χ2v) is 12.0. The maximum atomic E-state index is 16.1. The molecule has 12 nitrogen and oxygen atoms in total. The van der Waals surface area contributed by atoms with Crippen LogP contribution >= 0.6 is 23.2 Å². The van der Waals surface area contributed by atoms with Crippen LogP contribution in [0.15, 0.2) is 78.0 Å². The van der Waals surface area contributed by atoms with Crippen molar-refractivity contribution >= 4 is 68.9 Å². The van der Waals surface area contributed by atoms with Crippen molar-refractivity contribution < 1.29 is 32.2 Å². The third kappa shape index (κ3) is 7.33. The number of aliphatic carboxylic acids is 1. The number of pyridine rings is 1. The number of carbonyl (C=O) groups excluding carboxylic acids is 1. The monoisotopic (exact) mass is 718 g/mol. The Hall–Kier alpha value is -4.83. The van der Waals surface area contributed by atoms with Crippen molar-refractivity contribution in [3.8, 4) is 0 Å². The van der Waals surface area contributed by atoms with Crippen LogP contribution in [0.25, 0.3) is 10.9 Å². The predicted molar refractivity (Wildman–Crippen MR) is 178 cm³/mol. The van der Waals surface area contributed by atoms with Crippen molar-refractivity contribution in [3.63, 3.8) is 0 Å². The molecule has 2 unspecified atom stereocenters. The molecule has 5 aromatic rings. The molecule has 250 valence electrons. The Kier molecular flexibility index (Phi) is 10.7. The van der Waals surface area contributed by atoms with Crippen LogP contribution in [-0.2, 0) is 35.6 Å². The Morgan fingerprint density at radius 3 is 2.44 bits per heavy atom. The predicted octanol–water partition coefficient (Wildman–Crippen LogP) is 4.99. The number of nitrogens with one attached hydrogen (secondary N) is 3. The number of halogens is 4. The summed E-state index contributed by atoms with van der Waals surface area (Å²) in [7, 11) is 0. The normalized spacial score (nSPS) is 12.4. The van der Waals surface area contributed by atoms with Gasteiger partial charge in [0, 0.05) is 37.2 Å². The van der Waals surface area contributed by atoms with Gasteiger partial charge in [-0.15, -0.1) is 0 Å². The molecule has 0 spiro atoms. The number of imidazole rings is 1. The number of anilines is 2. The van der Waals surface area contributed by atoms with Crippen molar-refractivity contribution in [3.05, 3.63) is 122 Å². The number of benzene rings is 3. The van der Waals surface area contributed by atoms with Gasteiger partial charge >= 0.3 is 5.97 Å². The van der Waals surface area contributed by atoms with E-state index in [0.717, 1.165) is 17.8 Å². The van der Waals surface area contributed by atoms with E-state index in [1.54, 1.807) is 0 Å². The standard InChI is InChI=1S/C31H26Cl2F2N6O6S/c32-21-7-4-8-22(33)27(21)41(48(46)47)24(30(44)45)15-38-29(43)20-16-40(12-9-17-5-2-1-3-6-17)26-18(28(20)42)13-23(34)19(25(26)35)14-39-31-36-10-11-37-31/h1-8,10-11,13,16,24H,9,12,14-15H2,(H,38,43)(H,44,45)(H,46,47)(H2,36,37,39). The molecule has 0 saturated heterocycles. The molecule has 2 aromatic heterocycles. The van der Waals surface area contributed by atoms with E-state index in [1.807, 2.05) is 30.3 Å². The molecule has 2 heterocycles. The number of carbonyl (C=O) groups is 2. The van der Waals surface area contributed by atoms with Gasteiger partial charge in [0.1, 0.15) is 11.4 Å². The summed E-state index contributed by atoms with van der Waals surface area (Å²) in [4.78, 5) is 46.1. The van der Waals surface area contributed by atoms with Gasteiger partial charge in [-0.2, -0.15) is 0 Å². The first-order chi connectivity index (χ1) is 23.0. The lowest BCUT2D eigenvalue weighted by Crippen LogP contribution is -2.50. The molecular weight excluding hydrogens is 693 g/mol. The van der Waals surface area contributed by atoms with Gasteiger partial charge in [-0.25, -0.2) is 27.1 Å². The van der Waals surface area contributed by atoms with E-state index in [4.69, 9.17) is 23.2 Å². The van der Waals surface area contributed by atoms with Crippen LogP contribution in [0.4, 0.5) is 20.4 Å². The number of aryl methyl sites for hydroxylation is 2. The van der Waals surface area contributed by atoms with E-state index < -0.39 is 63.7 Å². The Balaban J connectivity index is 1.52. The molecule has 48 heavy (non-hydrogen) atoms. The van der Waals surface area contributed by atoms with Crippen molar-refractivity contribution in [2.75, 3.05) is 16.2 Å². The average Bonchev–Trinajstić information content (AvgIpc) is 3.57. The number of aromatic amines is 1. The molecule has 0 fully saturated rings. The van der Waals surface area contributed by atoms with E-state index in [1.165, 1.54) is 35.2 Å². The Labute approximate surface area is 283 Å². The molecule has 0 aliphatic rings. The molecule has 5 N–H and O–H groups in total. The zero-order valence-corrected chi connectivity index (χ0v) is 27.0. The van der Waals surface area contributed by atoms with Crippen molar-refractivity contribution in [2.45, 2.75) is 25.6 Å². The molecule has 0 radical (unpaired) electrons. The first-order valence-corrected chi connectivity index (χ1v) is 16.0. The summed E-state index contributed by atoms with van der Waals surface area (Å²) in [5, 5.41) is 14.3. The van der Waals surface area contributed by atoms with Crippen LogP contribution in [0.3, 0.4) is 0 Å². The largest absolute Gasteiger partial charge is 0.480 e. The molecule has 5 rings (SSSR count). The fourth-order valence-corrected chi connectivity index (χ4v) is 6.47. The number of hydrogen-bond acceptors (Lipinski definition) is 6. The highest BCUT2D eigenvalue weighted by atomic mass is 35.5. The molecule has 2 atom stereocenters. The highest BCUT2D eigenvalue weighted by Crippen LogP contribution is 2.35. The molecule has 0 saturated carbocycles. The van der Waals surface area contributed by atoms with Crippen molar-refractivity contribution in [2.24, 2.45) is 0 Å². The number of H-pyrrole nitrogens is 1. The number of amides is 1. The quantitative estimate of drug-likeness (QED) is 0.106. The summed E-state index contributed by atoms with van der Waals surface area (Å²) in [6.07, 6.45) is 4.42. The topological polar surface area (TPSA) is 170 Å². The number of carboxylic acids is 1. The lowest BCUT2D eigenvalue weighted by atomic mass is 10.0. The van der Waals surface area contributed by atoms with Gasteiger partial charge in [0.2, 0.25) is 5.43 Å². The number of nitrogens with zero attached hydrogens (tertiary/aromatic N) is 3. The van der Waals surface area contributed by atoms with Gasteiger partial charge in [-0.1, -0.05) is 59.6 Å². The second-order valence-electron chi connectivity index (χ2n) is 10.3. The number of carboxylic acid groups (broad SMARTS) is 1. The zero-order chi connectivity index (χ0) is 34.5. The lowest BCUT2D eigenvalue weighted by Gasteiger charge is -2.28. The number of fused-ring (bicyclic) bond motifs is 1. The summed E-state index contributed by atoms with van der Waals surface area (Å²) in [6.45, 7) is -1.05. The van der Waals surface area contributed by atoms with Crippen LogP contribution in [0.1, 0.15) is 21.5 Å². The first kappa shape index (κ1) is 34.5. The summed E-state index contributed by atoms with van der Waals surface area (Å²) < 4.78 is 55.5. The Morgan fingerprint density at radius 1 is 1.10 bits per heavy atom. The first-order valence-electron chi connectivity index (χ1n) is 14.1. The lowest BCUT2D eigenvalue weighted by molar-refractivity contribution is -0.138. The van der Waals surface area contributed by atoms with Gasteiger partial charge in [-0.05, 0) is 30.2 Å². The Bertz CT molecular complexity index is 2050. The van der Waals surface area contributed by atoms with Gasteiger partial charge in [0.25, 0.3) is 17.2 Å². The van der Waals surface area contributed by atoms with Crippen LogP contribution in [0, 0.1) is 11.6 Å². The molecule has 0 aliphatic heterocycles. The maximum absolute atomic E-state index is 16.1. The molecule has 1 amide bonds. The fraction of sp³-hybridized carbons (Fsp3) is 0.161. The SMILES string of the molecule is O=C(NCC(C(=O)O)N(c1c(Cl)cccc1Cl)S(=O)O)c1cn(CCc2ccccc2)c2c(F)c(CNc3ncc[nH]3)c(F)cc2c1=O. The maximum Gasteiger partial charge on any atom is 0.329 e. The van der Waals surface area contributed by atoms with Gasteiger partial charge < -0.3 is 25.3 Å². The number of aromatic nitrogens is 3. The molecule has 0 bridgehead atoms. The third-order valence-electron chi connectivity index (χ3n) is 7.36. The average molecular weight is 720 g/mol. The highest BCUT2D eigenvalue weighted by Gasteiger charge is 2.34. The van der Waals surface area contributed by atoms with E-state index >= 15 is 8.78 Å². The van der Waals surface area contributed by atoms with Crippen LogP contribution in [0.5, 0.6) is 0 Å². The summed E-state index contributed by atoms with van der Waals surface area (Å²) in [6, 6.07) is 12.1. The summed E-state index contributed by atoms with van der Waals surface area (Å²) >= 11 is 9.34. The van der Waals surface area contributed by atoms with Crippen molar-refractivity contribution in [1.82, 2.24) is 19.9 Å². The number of para-hydroxylation sites is 1. The number of rotatable bonds is 13. The van der Waals surface area contributed by atoms with Crippen molar-refractivity contribution in [1.29, 1.82) is 0 Å². The Morgan fingerprint density at radius 2 is 1.81 bits per heavy atom. The molecule has 3 aromatic carbocycles. The van der Waals surface area contributed by atoms with Gasteiger partial charge in [0.15, 0.2) is 17.8 Å². The van der Waals surface area contributed by atoms with E-state index in [0.29, 0.717) is 10.7 Å².